The first-order valence-electron chi connectivity index (χ1n) is 5.09. The molecule has 0 bridgehead atoms. The Hall–Kier alpha value is -1.37. The Morgan fingerprint density at radius 2 is 2.06 bits per heavy atom. The Bertz CT molecular complexity index is 517. The fourth-order valence-electron chi connectivity index (χ4n) is 1.26. The molecule has 0 unspecified atom stereocenters. The van der Waals surface area contributed by atoms with Crippen molar-refractivity contribution >= 4 is 28.5 Å². The first-order chi connectivity index (χ1) is 8.15. The molecule has 0 amide bonds. The third-order valence-electron chi connectivity index (χ3n) is 2.04. The van der Waals surface area contributed by atoms with Crippen molar-refractivity contribution in [1.29, 1.82) is 0 Å². The van der Waals surface area contributed by atoms with Gasteiger partial charge in [-0.05, 0) is 40.8 Å². The summed E-state index contributed by atoms with van der Waals surface area (Å²) in [5.41, 5.74) is 0. The van der Waals surface area contributed by atoms with Crippen molar-refractivity contribution in [3.63, 3.8) is 0 Å². The molecule has 17 heavy (non-hydrogen) atoms. The molecule has 0 spiro atoms. The Kier molecular flexibility index (Phi) is 3.78. The van der Waals surface area contributed by atoms with Crippen molar-refractivity contribution < 1.29 is 4.74 Å². The van der Waals surface area contributed by atoms with Gasteiger partial charge in [0.1, 0.15) is 5.75 Å². The van der Waals surface area contributed by atoms with Crippen LogP contribution in [0.15, 0.2) is 36.5 Å². The summed E-state index contributed by atoms with van der Waals surface area (Å²) in [5.74, 6) is 1.96. The van der Waals surface area contributed by atoms with Gasteiger partial charge in [0.05, 0.1) is 0 Å². The highest BCUT2D eigenvalue weighted by Crippen LogP contribution is 2.21. The standard InChI is InChI=1S/C12H12IN3O/c1-16(2)12-14-7-6-11(15-12)17-10-5-3-4-9(13)8-10/h3-8H,1-2H3. The molecule has 1 aromatic carbocycles. The van der Waals surface area contributed by atoms with Gasteiger partial charge in [0.25, 0.3) is 0 Å². The smallest absolute Gasteiger partial charge is 0.228 e. The van der Waals surface area contributed by atoms with Crippen LogP contribution in [0.2, 0.25) is 0 Å². The van der Waals surface area contributed by atoms with E-state index >= 15 is 0 Å². The van der Waals surface area contributed by atoms with E-state index in [1.54, 1.807) is 12.3 Å². The largest absolute Gasteiger partial charge is 0.439 e. The van der Waals surface area contributed by atoms with E-state index in [2.05, 4.69) is 32.6 Å². The number of benzene rings is 1. The number of halogens is 1. The molecule has 2 aromatic rings. The van der Waals surface area contributed by atoms with E-state index in [4.69, 9.17) is 4.74 Å². The van der Waals surface area contributed by atoms with Crippen LogP contribution in [0.25, 0.3) is 0 Å². The lowest BCUT2D eigenvalue weighted by Crippen LogP contribution is -2.12. The monoisotopic (exact) mass is 341 g/mol. The highest BCUT2D eigenvalue weighted by Gasteiger charge is 2.03. The SMILES string of the molecule is CN(C)c1nccc(Oc2cccc(I)c2)n1. The Labute approximate surface area is 114 Å². The van der Waals surface area contributed by atoms with Crippen LogP contribution < -0.4 is 9.64 Å². The van der Waals surface area contributed by atoms with Crippen LogP contribution in [0.4, 0.5) is 5.95 Å². The van der Waals surface area contributed by atoms with Crippen LogP contribution in [0.5, 0.6) is 11.6 Å². The molecule has 0 aliphatic heterocycles. The minimum atomic E-state index is 0.547. The summed E-state index contributed by atoms with van der Waals surface area (Å²) in [5, 5.41) is 0. The van der Waals surface area contributed by atoms with Crippen LogP contribution in [-0.2, 0) is 0 Å². The predicted molar refractivity (Wildman–Crippen MR) is 75.6 cm³/mol. The summed E-state index contributed by atoms with van der Waals surface area (Å²) in [7, 11) is 3.79. The van der Waals surface area contributed by atoms with Gasteiger partial charge in [-0.1, -0.05) is 6.07 Å². The molecule has 0 saturated heterocycles. The van der Waals surface area contributed by atoms with Gasteiger partial charge in [0, 0.05) is 29.9 Å². The lowest BCUT2D eigenvalue weighted by molar-refractivity contribution is 0.461. The van der Waals surface area contributed by atoms with Crippen LogP contribution in [0.1, 0.15) is 0 Å². The number of hydrogen-bond donors (Lipinski definition) is 0. The van der Waals surface area contributed by atoms with Crippen molar-refractivity contribution in [3.8, 4) is 11.6 Å². The second-order valence-electron chi connectivity index (χ2n) is 3.65. The fourth-order valence-corrected chi connectivity index (χ4v) is 1.77. The van der Waals surface area contributed by atoms with E-state index in [9.17, 15) is 0 Å². The Balaban J connectivity index is 2.21. The molecule has 1 heterocycles. The molecular formula is C12H12IN3O. The predicted octanol–water partition coefficient (Wildman–Crippen LogP) is 2.94. The molecule has 4 nitrogen and oxygen atoms in total. The van der Waals surface area contributed by atoms with E-state index in [1.165, 1.54) is 0 Å². The summed E-state index contributed by atoms with van der Waals surface area (Å²) >= 11 is 2.24. The summed E-state index contributed by atoms with van der Waals surface area (Å²) in [6.45, 7) is 0. The van der Waals surface area contributed by atoms with Crippen LogP contribution in [0.3, 0.4) is 0 Å². The van der Waals surface area contributed by atoms with Crippen LogP contribution in [-0.4, -0.2) is 24.1 Å². The number of nitrogens with zero attached hydrogens (tertiary/aromatic N) is 3. The molecule has 1 aromatic heterocycles. The van der Waals surface area contributed by atoms with Gasteiger partial charge in [-0.2, -0.15) is 4.98 Å². The maximum atomic E-state index is 5.67. The molecular weight excluding hydrogens is 329 g/mol. The van der Waals surface area contributed by atoms with E-state index < -0.39 is 0 Å². The van der Waals surface area contributed by atoms with Crippen molar-refractivity contribution in [2.24, 2.45) is 0 Å². The third kappa shape index (κ3) is 3.29. The zero-order valence-corrected chi connectivity index (χ0v) is 11.7. The van der Waals surface area contributed by atoms with Crippen molar-refractivity contribution in [1.82, 2.24) is 9.97 Å². The second-order valence-corrected chi connectivity index (χ2v) is 4.89. The first-order valence-corrected chi connectivity index (χ1v) is 6.17. The van der Waals surface area contributed by atoms with Gasteiger partial charge in [0.15, 0.2) is 0 Å². The molecule has 0 N–H and O–H groups in total. The number of rotatable bonds is 3. The number of hydrogen-bond acceptors (Lipinski definition) is 4. The van der Waals surface area contributed by atoms with E-state index in [-0.39, 0.29) is 0 Å². The maximum absolute atomic E-state index is 5.67. The molecule has 2 rings (SSSR count). The van der Waals surface area contributed by atoms with Gasteiger partial charge < -0.3 is 9.64 Å². The Morgan fingerprint density at radius 3 is 2.76 bits per heavy atom. The van der Waals surface area contributed by atoms with Crippen LogP contribution >= 0.6 is 22.6 Å². The molecule has 88 valence electrons. The quantitative estimate of drug-likeness (QED) is 0.805. The number of anilines is 1. The molecule has 5 heteroatoms. The molecule has 0 atom stereocenters. The average Bonchev–Trinajstić information content (AvgIpc) is 2.29. The summed E-state index contributed by atoms with van der Waals surface area (Å²) < 4.78 is 6.79. The molecule has 0 radical (unpaired) electrons. The highest BCUT2D eigenvalue weighted by atomic mass is 127. The normalized spacial score (nSPS) is 10.1. The van der Waals surface area contributed by atoms with Crippen molar-refractivity contribution in [2.45, 2.75) is 0 Å². The fraction of sp³-hybridized carbons (Fsp3) is 0.167. The van der Waals surface area contributed by atoms with Crippen molar-refractivity contribution in [2.75, 3.05) is 19.0 Å². The zero-order chi connectivity index (χ0) is 12.3. The Morgan fingerprint density at radius 1 is 1.24 bits per heavy atom. The molecule has 0 saturated carbocycles. The minimum absolute atomic E-state index is 0.547. The minimum Gasteiger partial charge on any atom is -0.439 e. The zero-order valence-electron chi connectivity index (χ0n) is 9.59. The molecule has 0 aliphatic carbocycles. The van der Waals surface area contributed by atoms with E-state index in [0.29, 0.717) is 11.8 Å². The number of ether oxygens (including phenoxy) is 1. The second kappa shape index (κ2) is 5.31. The van der Waals surface area contributed by atoms with Gasteiger partial charge in [-0.3, -0.25) is 0 Å². The maximum Gasteiger partial charge on any atom is 0.228 e. The highest BCUT2D eigenvalue weighted by molar-refractivity contribution is 14.1. The van der Waals surface area contributed by atoms with Gasteiger partial charge in [-0.25, -0.2) is 4.98 Å². The van der Waals surface area contributed by atoms with Crippen LogP contribution in [0, 0.1) is 3.57 Å². The summed E-state index contributed by atoms with van der Waals surface area (Å²) in [6.07, 6.45) is 1.69. The van der Waals surface area contributed by atoms with Gasteiger partial charge in [0.2, 0.25) is 11.8 Å². The average molecular weight is 341 g/mol. The number of aromatic nitrogens is 2. The molecule has 0 aliphatic rings. The summed E-state index contributed by atoms with van der Waals surface area (Å²) in [6, 6.07) is 9.56. The van der Waals surface area contributed by atoms with E-state index in [0.717, 1.165) is 9.32 Å². The van der Waals surface area contributed by atoms with Gasteiger partial charge >= 0.3 is 0 Å². The van der Waals surface area contributed by atoms with Gasteiger partial charge in [-0.15, -0.1) is 0 Å². The molecule has 0 fully saturated rings. The van der Waals surface area contributed by atoms with Crippen molar-refractivity contribution in [3.05, 3.63) is 40.1 Å². The summed E-state index contributed by atoms with van der Waals surface area (Å²) in [4.78, 5) is 10.3. The topological polar surface area (TPSA) is 38.2 Å². The lowest BCUT2D eigenvalue weighted by atomic mass is 10.3. The first kappa shape index (κ1) is 12.1. The van der Waals surface area contributed by atoms with E-state index in [1.807, 2.05) is 43.3 Å². The third-order valence-corrected chi connectivity index (χ3v) is 2.71. The lowest BCUT2D eigenvalue weighted by Gasteiger charge is -2.11.